The second kappa shape index (κ2) is 6.13. The fourth-order valence-corrected chi connectivity index (χ4v) is 2.73. The van der Waals surface area contributed by atoms with Gasteiger partial charge >= 0.3 is 0 Å². The summed E-state index contributed by atoms with van der Waals surface area (Å²) in [6.07, 6.45) is 4.53. The van der Waals surface area contributed by atoms with Gasteiger partial charge in [0.25, 0.3) is 0 Å². The number of rotatable bonds is 8. The van der Waals surface area contributed by atoms with E-state index in [1.807, 2.05) is 18.5 Å². The highest BCUT2D eigenvalue weighted by atomic mass is 16.1. The monoisotopic (exact) mass is 293 g/mol. The first-order valence-corrected chi connectivity index (χ1v) is 7.91. The zero-order valence-electron chi connectivity index (χ0n) is 13.5. The number of carbonyl (C=O) groups excluding carboxylic acids is 1. The molecule has 0 saturated heterocycles. The van der Waals surface area contributed by atoms with Crippen LogP contribution in [0.4, 0.5) is 0 Å². The van der Waals surface area contributed by atoms with E-state index in [1.165, 1.54) is 0 Å². The van der Waals surface area contributed by atoms with Gasteiger partial charge in [0.05, 0.1) is 11.6 Å². The number of nitrogens with zero attached hydrogens (tertiary/aromatic N) is 3. The fourth-order valence-electron chi connectivity index (χ4n) is 2.73. The number of primary amides is 1. The molecule has 1 aliphatic rings. The Labute approximate surface area is 126 Å². The maximum Gasteiger partial charge on any atom is 0.237 e. The van der Waals surface area contributed by atoms with Crippen molar-refractivity contribution in [2.24, 2.45) is 5.73 Å². The first-order valence-electron chi connectivity index (χ1n) is 7.91. The predicted molar refractivity (Wildman–Crippen MR) is 81.9 cm³/mol. The second-order valence-corrected chi connectivity index (χ2v) is 6.26. The largest absolute Gasteiger partial charge is 0.368 e. The SMILES string of the molecule is CCc1nc(CC)n(C(C)CC(C)(NC2CC2)C(N)=O)n1. The molecule has 0 radical (unpaired) electrons. The average molecular weight is 293 g/mol. The molecule has 1 aromatic heterocycles. The second-order valence-electron chi connectivity index (χ2n) is 6.26. The quantitative estimate of drug-likeness (QED) is 0.757. The lowest BCUT2D eigenvalue weighted by molar-refractivity contribution is -0.124. The van der Waals surface area contributed by atoms with E-state index >= 15 is 0 Å². The Morgan fingerprint density at radius 2 is 2.14 bits per heavy atom. The minimum atomic E-state index is -0.691. The van der Waals surface area contributed by atoms with Crippen molar-refractivity contribution >= 4 is 5.91 Å². The van der Waals surface area contributed by atoms with Crippen molar-refractivity contribution in [2.45, 2.75) is 77.4 Å². The Bertz CT molecular complexity index is 508. The van der Waals surface area contributed by atoms with Gasteiger partial charge in [-0.15, -0.1) is 0 Å². The maximum atomic E-state index is 11.9. The number of aromatic nitrogens is 3. The van der Waals surface area contributed by atoms with Crippen LogP contribution in [0, 0.1) is 0 Å². The summed E-state index contributed by atoms with van der Waals surface area (Å²) in [7, 11) is 0. The van der Waals surface area contributed by atoms with Crippen molar-refractivity contribution in [3.05, 3.63) is 11.6 Å². The Hall–Kier alpha value is -1.43. The normalized spacial score (nSPS) is 19.2. The molecule has 6 nitrogen and oxygen atoms in total. The summed E-state index contributed by atoms with van der Waals surface area (Å²) in [5.74, 6) is 1.53. The Kier molecular flexibility index (Phi) is 4.66. The fraction of sp³-hybridized carbons (Fsp3) is 0.800. The van der Waals surface area contributed by atoms with Gasteiger partial charge in [0.1, 0.15) is 5.82 Å². The summed E-state index contributed by atoms with van der Waals surface area (Å²) in [5.41, 5.74) is 4.94. The predicted octanol–water partition coefficient (Wildman–Crippen LogP) is 1.35. The molecule has 1 amide bonds. The molecule has 1 saturated carbocycles. The molecule has 1 fully saturated rings. The minimum Gasteiger partial charge on any atom is -0.368 e. The molecule has 1 aliphatic carbocycles. The smallest absolute Gasteiger partial charge is 0.237 e. The number of aryl methyl sites for hydroxylation is 2. The minimum absolute atomic E-state index is 0.0801. The van der Waals surface area contributed by atoms with Crippen LogP contribution in [0.25, 0.3) is 0 Å². The number of nitrogens with two attached hydrogens (primary N) is 1. The van der Waals surface area contributed by atoms with Gasteiger partial charge in [-0.2, -0.15) is 5.10 Å². The molecule has 0 spiro atoms. The summed E-state index contributed by atoms with van der Waals surface area (Å²) in [5, 5.41) is 7.95. The van der Waals surface area contributed by atoms with Crippen molar-refractivity contribution in [2.75, 3.05) is 0 Å². The van der Waals surface area contributed by atoms with Crippen LogP contribution < -0.4 is 11.1 Å². The average Bonchev–Trinajstić information content (AvgIpc) is 3.13. The van der Waals surface area contributed by atoms with E-state index in [0.717, 1.165) is 37.3 Å². The van der Waals surface area contributed by atoms with Crippen molar-refractivity contribution in [1.82, 2.24) is 20.1 Å². The van der Waals surface area contributed by atoms with Gasteiger partial charge in [0.15, 0.2) is 5.82 Å². The van der Waals surface area contributed by atoms with E-state index in [9.17, 15) is 4.79 Å². The lowest BCUT2D eigenvalue weighted by Gasteiger charge is -2.30. The van der Waals surface area contributed by atoms with Gasteiger partial charge in [-0.3, -0.25) is 4.79 Å². The van der Waals surface area contributed by atoms with E-state index < -0.39 is 5.54 Å². The van der Waals surface area contributed by atoms with Gasteiger partial charge in [-0.1, -0.05) is 13.8 Å². The molecule has 2 unspecified atom stereocenters. The van der Waals surface area contributed by atoms with E-state index in [-0.39, 0.29) is 11.9 Å². The van der Waals surface area contributed by atoms with Crippen LogP contribution in [0.1, 0.15) is 64.6 Å². The molecule has 3 N–H and O–H groups in total. The van der Waals surface area contributed by atoms with Crippen LogP contribution in [0.5, 0.6) is 0 Å². The molecule has 2 atom stereocenters. The van der Waals surface area contributed by atoms with Crippen LogP contribution in [0.15, 0.2) is 0 Å². The third-order valence-corrected chi connectivity index (χ3v) is 4.14. The van der Waals surface area contributed by atoms with Gasteiger partial charge in [-0.05, 0) is 33.1 Å². The van der Waals surface area contributed by atoms with Crippen LogP contribution in [-0.2, 0) is 17.6 Å². The molecule has 0 aliphatic heterocycles. The van der Waals surface area contributed by atoms with Crippen LogP contribution in [0.3, 0.4) is 0 Å². The first-order chi connectivity index (χ1) is 9.89. The van der Waals surface area contributed by atoms with E-state index in [0.29, 0.717) is 12.5 Å². The summed E-state index contributed by atoms with van der Waals surface area (Å²) in [6.45, 7) is 8.09. The van der Waals surface area contributed by atoms with Gasteiger partial charge in [0, 0.05) is 18.9 Å². The highest BCUT2D eigenvalue weighted by Crippen LogP contribution is 2.27. The summed E-state index contributed by atoms with van der Waals surface area (Å²) < 4.78 is 1.95. The maximum absolute atomic E-state index is 11.9. The standard InChI is InChI=1S/C15H27N5O/c1-5-12-17-13(6-2)20(19-12)10(3)9-15(4,14(16)21)18-11-7-8-11/h10-11,18H,5-9H2,1-4H3,(H2,16,21). The molecule has 1 heterocycles. The summed E-state index contributed by atoms with van der Waals surface area (Å²) >= 11 is 0. The Morgan fingerprint density at radius 3 is 2.62 bits per heavy atom. The highest BCUT2D eigenvalue weighted by Gasteiger charge is 2.38. The number of amides is 1. The molecular formula is C15H27N5O. The molecule has 1 aromatic rings. The van der Waals surface area contributed by atoms with E-state index in [1.54, 1.807) is 0 Å². The lowest BCUT2D eigenvalue weighted by atomic mass is 9.92. The molecule has 0 aromatic carbocycles. The van der Waals surface area contributed by atoms with Crippen LogP contribution >= 0.6 is 0 Å². The highest BCUT2D eigenvalue weighted by molar-refractivity contribution is 5.84. The van der Waals surface area contributed by atoms with Crippen molar-refractivity contribution in [3.8, 4) is 0 Å². The van der Waals surface area contributed by atoms with Crippen LogP contribution in [0.2, 0.25) is 0 Å². The summed E-state index contributed by atoms with van der Waals surface area (Å²) in [4.78, 5) is 16.4. The molecule has 2 rings (SSSR count). The zero-order valence-corrected chi connectivity index (χ0v) is 13.5. The first kappa shape index (κ1) is 15.9. The van der Waals surface area contributed by atoms with Gasteiger partial charge in [0.2, 0.25) is 5.91 Å². The molecule has 118 valence electrons. The molecule has 0 bridgehead atoms. The van der Waals surface area contributed by atoms with Gasteiger partial charge in [-0.25, -0.2) is 9.67 Å². The number of nitrogens with one attached hydrogen (secondary N) is 1. The van der Waals surface area contributed by atoms with Crippen molar-refractivity contribution < 1.29 is 4.79 Å². The number of carbonyl (C=O) groups is 1. The van der Waals surface area contributed by atoms with E-state index in [2.05, 4.69) is 29.2 Å². The molecular weight excluding hydrogens is 266 g/mol. The molecule has 6 heteroatoms. The summed E-state index contributed by atoms with van der Waals surface area (Å²) in [6, 6.07) is 0.513. The Balaban J connectivity index is 2.16. The number of hydrogen-bond acceptors (Lipinski definition) is 4. The van der Waals surface area contributed by atoms with Crippen LogP contribution in [-0.4, -0.2) is 32.3 Å². The number of hydrogen-bond donors (Lipinski definition) is 2. The third-order valence-electron chi connectivity index (χ3n) is 4.14. The van der Waals surface area contributed by atoms with E-state index in [4.69, 9.17) is 5.73 Å². The van der Waals surface area contributed by atoms with Gasteiger partial charge < -0.3 is 11.1 Å². The Morgan fingerprint density at radius 1 is 1.48 bits per heavy atom. The third kappa shape index (κ3) is 3.61. The topological polar surface area (TPSA) is 85.8 Å². The van der Waals surface area contributed by atoms with Crippen molar-refractivity contribution in [3.63, 3.8) is 0 Å². The molecule has 21 heavy (non-hydrogen) atoms. The zero-order chi connectivity index (χ0) is 15.6. The van der Waals surface area contributed by atoms with Crippen molar-refractivity contribution in [1.29, 1.82) is 0 Å². The lowest BCUT2D eigenvalue weighted by Crippen LogP contribution is -2.55.